The number of fused-ring (bicyclic) bond motifs is 1. The highest BCUT2D eigenvalue weighted by Crippen LogP contribution is 2.17. The van der Waals surface area contributed by atoms with Gasteiger partial charge in [0.1, 0.15) is 0 Å². The van der Waals surface area contributed by atoms with E-state index in [-0.39, 0.29) is 17.4 Å². The molecule has 0 N–H and O–H groups in total. The van der Waals surface area contributed by atoms with E-state index in [1.54, 1.807) is 16.7 Å². The minimum atomic E-state index is -0.0358. The summed E-state index contributed by atoms with van der Waals surface area (Å²) in [6.45, 7) is 5.00. The molecule has 0 aliphatic carbocycles. The van der Waals surface area contributed by atoms with Gasteiger partial charge >= 0.3 is 0 Å². The van der Waals surface area contributed by atoms with Crippen LogP contribution in [0.1, 0.15) is 12.1 Å². The summed E-state index contributed by atoms with van der Waals surface area (Å²) >= 11 is 1.46. The van der Waals surface area contributed by atoms with E-state index in [0.29, 0.717) is 19.8 Å². The Labute approximate surface area is 143 Å². The minimum absolute atomic E-state index is 0.0358. The van der Waals surface area contributed by atoms with Crippen LogP contribution in [0.15, 0.2) is 22.4 Å². The maximum absolute atomic E-state index is 12.4. The number of rotatable bonds is 3. The van der Waals surface area contributed by atoms with Gasteiger partial charge in [-0.3, -0.25) is 18.9 Å². The molecule has 4 heterocycles. The van der Waals surface area contributed by atoms with Crippen LogP contribution in [0, 0.1) is 5.92 Å². The smallest absolute Gasteiger partial charge is 0.258 e. The predicted octanol–water partition coefficient (Wildman–Crippen LogP) is 0.437. The highest BCUT2D eigenvalue weighted by molar-refractivity contribution is 7.15. The number of hydrogen-bond acceptors (Lipinski definition) is 6. The Kier molecular flexibility index (Phi) is 4.34. The molecule has 2 aromatic rings. The molecular formula is C16H20N4O3S. The van der Waals surface area contributed by atoms with Crippen molar-refractivity contribution in [2.45, 2.75) is 13.0 Å². The lowest BCUT2D eigenvalue weighted by Gasteiger charge is -2.35. The Bertz CT molecular complexity index is 788. The minimum Gasteiger partial charge on any atom is -0.381 e. The van der Waals surface area contributed by atoms with E-state index >= 15 is 0 Å². The Balaban J connectivity index is 1.37. The molecule has 2 aromatic heterocycles. The van der Waals surface area contributed by atoms with Crippen molar-refractivity contribution < 1.29 is 9.53 Å². The van der Waals surface area contributed by atoms with Gasteiger partial charge in [0.2, 0.25) is 5.91 Å². The third kappa shape index (κ3) is 3.09. The van der Waals surface area contributed by atoms with Crippen LogP contribution in [0.25, 0.3) is 4.96 Å². The fourth-order valence-electron chi connectivity index (χ4n) is 3.31. The summed E-state index contributed by atoms with van der Waals surface area (Å²) in [5, 5.41) is 1.87. The third-order valence-electron chi connectivity index (χ3n) is 4.70. The van der Waals surface area contributed by atoms with Gasteiger partial charge in [0, 0.05) is 57.0 Å². The lowest BCUT2D eigenvalue weighted by molar-refractivity contribution is -0.137. The Morgan fingerprint density at radius 1 is 1.33 bits per heavy atom. The second kappa shape index (κ2) is 6.62. The molecule has 2 aliphatic heterocycles. The van der Waals surface area contributed by atoms with Crippen molar-refractivity contribution in [3.63, 3.8) is 0 Å². The maximum Gasteiger partial charge on any atom is 0.258 e. The van der Waals surface area contributed by atoms with Crippen molar-refractivity contribution in [2.75, 3.05) is 39.4 Å². The van der Waals surface area contributed by atoms with Crippen molar-refractivity contribution in [3.05, 3.63) is 33.7 Å². The third-order valence-corrected chi connectivity index (χ3v) is 5.46. The molecule has 0 bridgehead atoms. The summed E-state index contributed by atoms with van der Waals surface area (Å²) in [6, 6.07) is 1.60. The summed E-state index contributed by atoms with van der Waals surface area (Å²) in [4.78, 5) is 33.9. The largest absolute Gasteiger partial charge is 0.381 e. The highest BCUT2D eigenvalue weighted by atomic mass is 32.1. The number of ether oxygens (including phenoxy) is 1. The van der Waals surface area contributed by atoms with Gasteiger partial charge in [-0.25, -0.2) is 4.98 Å². The zero-order valence-corrected chi connectivity index (χ0v) is 14.2. The molecule has 7 nitrogen and oxygen atoms in total. The number of amides is 1. The van der Waals surface area contributed by atoms with Crippen LogP contribution < -0.4 is 5.56 Å². The molecule has 8 heteroatoms. The molecule has 2 fully saturated rings. The normalized spacial score (nSPS) is 22.3. The molecule has 24 heavy (non-hydrogen) atoms. The molecule has 0 unspecified atom stereocenters. The van der Waals surface area contributed by atoms with Gasteiger partial charge in [-0.2, -0.15) is 0 Å². The second-order valence-electron chi connectivity index (χ2n) is 6.30. The number of carbonyl (C=O) groups excluding carboxylic acids is 1. The first kappa shape index (κ1) is 15.7. The Morgan fingerprint density at radius 3 is 2.92 bits per heavy atom. The lowest BCUT2D eigenvalue weighted by Crippen LogP contribution is -2.50. The molecule has 0 aromatic carbocycles. The molecule has 1 atom stereocenters. The zero-order chi connectivity index (χ0) is 16.5. The molecular weight excluding hydrogens is 328 g/mol. The summed E-state index contributed by atoms with van der Waals surface area (Å²) in [7, 11) is 0. The lowest BCUT2D eigenvalue weighted by atomic mass is 10.1. The van der Waals surface area contributed by atoms with Gasteiger partial charge in [0.25, 0.3) is 5.56 Å². The molecule has 128 valence electrons. The van der Waals surface area contributed by atoms with Crippen LogP contribution in [-0.4, -0.2) is 64.5 Å². The second-order valence-corrected chi connectivity index (χ2v) is 7.18. The first-order valence-corrected chi connectivity index (χ1v) is 9.13. The fourth-order valence-corrected chi connectivity index (χ4v) is 4.05. The average molecular weight is 348 g/mol. The first-order chi connectivity index (χ1) is 11.7. The molecule has 1 amide bonds. The van der Waals surface area contributed by atoms with Gasteiger partial charge in [-0.15, -0.1) is 11.3 Å². The number of hydrogen-bond donors (Lipinski definition) is 0. The molecule has 0 radical (unpaired) electrons. The van der Waals surface area contributed by atoms with Gasteiger partial charge < -0.3 is 9.64 Å². The van der Waals surface area contributed by atoms with Crippen LogP contribution >= 0.6 is 11.3 Å². The number of thiazole rings is 1. The van der Waals surface area contributed by atoms with Crippen LogP contribution in [0.3, 0.4) is 0 Å². The van der Waals surface area contributed by atoms with Crippen LogP contribution in [0.5, 0.6) is 0 Å². The van der Waals surface area contributed by atoms with E-state index in [4.69, 9.17) is 4.74 Å². The van der Waals surface area contributed by atoms with Crippen molar-refractivity contribution in [1.82, 2.24) is 19.2 Å². The molecule has 0 spiro atoms. The van der Waals surface area contributed by atoms with Gasteiger partial charge in [0.05, 0.1) is 18.2 Å². The Morgan fingerprint density at radius 2 is 2.17 bits per heavy atom. The molecule has 0 saturated carbocycles. The topological polar surface area (TPSA) is 67.2 Å². The number of aromatic nitrogens is 2. The predicted molar refractivity (Wildman–Crippen MR) is 90.1 cm³/mol. The zero-order valence-electron chi connectivity index (χ0n) is 13.4. The van der Waals surface area contributed by atoms with Crippen LogP contribution in [0.2, 0.25) is 0 Å². The monoisotopic (exact) mass is 348 g/mol. The summed E-state index contributed by atoms with van der Waals surface area (Å²) in [5.41, 5.74) is 0.762. The van der Waals surface area contributed by atoms with E-state index < -0.39 is 0 Å². The highest BCUT2D eigenvalue weighted by Gasteiger charge is 2.30. The van der Waals surface area contributed by atoms with Gasteiger partial charge in [-0.05, 0) is 6.42 Å². The summed E-state index contributed by atoms with van der Waals surface area (Å²) < 4.78 is 6.88. The fraction of sp³-hybridized carbons (Fsp3) is 0.562. The van der Waals surface area contributed by atoms with Crippen molar-refractivity contribution in [1.29, 1.82) is 0 Å². The van der Waals surface area contributed by atoms with Crippen molar-refractivity contribution >= 4 is 22.2 Å². The molecule has 4 rings (SSSR count). The van der Waals surface area contributed by atoms with E-state index in [2.05, 4.69) is 9.88 Å². The average Bonchev–Trinajstić information content (AvgIpc) is 3.26. The van der Waals surface area contributed by atoms with E-state index in [9.17, 15) is 9.59 Å². The summed E-state index contributed by atoms with van der Waals surface area (Å²) in [5.74, 6) is 0.267. The molecule has 2 aliphatic rings. The summed E-state index contributed by atoms with van der Waals surface area (Å²) in [6.07, 6.45) is 2.59. The van der Waals surface area contributed by atoms with Gasteiger partial charge in [-0.1, -0.05) is 0 Å². The van der Waals surface area contributed by atoms with E-state index in [1.165, 1.54) is 11.3 Å². The quantitative estimate of drug-likeness (QED) is 0.805. The molecule has 2 saturated heterocycles. The number of carbonyl (C=O) groups is 1. The first-order valence-electron chi connectivity index (χ1n) is 8.25. The SMILES string of the molecule is O=C([C@@H]1CCOC1)N1CCN(Cc2cc(=O)n3ccsc3n2)CC1. The van der Waals surface area contributed by atoms with E-state index in [0.717, 1.165) is 43.3 Å². The standard InChI is InChI=1S/C16H20N4O3S/c21-14-9-13(17-16-20(14)6-8-24-16)10-18-2-4-19(5-3-18)15(22)12-1-7-23-11-12/h6,8-9,12H,1-5,7,10-11H2/t12-/m1/s1. The number of piperazine rings is 1. The Hall–Kier alpha value is -1.77. The van der Waals surface area contributed by atoms with Gasteiger partial charge in [0.15, 0.2) is 4.96 Å². The van der Waals surface area contributed by atoms with Crippen LogP contribution in [-0.2, 0) is 16.1 Å². The van der Waals surface area contributed by atoms with Crippen molar-refractivity contribution in [3.8, 4) is 0 Å². The van der Waals surface area contributed by atoms with Crippen LogP contribution in [0.4, 0.5) is 0 Å². The maximum atomic E-state index is 12.4. The number of nitrogens with zero attached hydrogens (tertiary/aromatic N) is 4. The van der Waals surface area contributed by atoms with E-state index in [1.807, 2.05) is 10.3 Å². The van der Waals surface area contributed by atoms with Crippen molar-refractivity contribution in [2.24, 2.45) is 5.92 Å².